The molecule has 0 bridgehead atoms. The normalized spacial score (nSPS) is 27.6. The molecule has 11 heteroatoms. The topological polar surface area (TPSA) is 165 Å². The zero-order valence-electron chi connectivity index (χ0n) is 22.5. The number of carbonyl (C=O) groups is 3. The minimum absolute atomic E-state index is 0.0299. The van der Waals surface area contributed by atoms with Gasteiger partial charge in [-0.3, -0.25) is 24.2 Å². The molecule has 6 N–H and O–H groups in total. The van der Waals surface area contributed by atoms with Crippen molar-refractivity contribution in [2.24, 2.45) is 17.6 Å². The third kappa shape index (κ3) is 3.76. The first-order chi connectivity index (χ1) is 19.4. The average Bonchev–Trinajstić information content (AvgIpc) is 3.31. The van der Waals surface area contributed by atoms with Crippen LogP contribution in [0.25, 0.3) is 5.76 Å². The average molecular weight is 564 g/mol. The van der Waals surface area contributed by atoms with Crippen LogP contribution >= 0.6 is 0 Å². The highest BCUT2D eigenvalue weighted by molar-refractivity contribution is 6.24. The zero-order valence-corrected chi connectivity index (χ0v) is 22.5. The molecule has 1 heterocycles. The number of aliphatic hydroxyl groups is 3. The van der Waals surface area contributed by atoms with E-state index in [0.717, 1.165) is 11.1 Å². The summed E-state index contributed by atoms with van der Waals surface area (Å²) >= 11 is 0. The van der Waals surface area contributed by atoms with Gasteiger partial charge in [0.25, 0.3) is 5.91 Å². The number of nitrogens with two attached hydrogens (primary N) is 1. The maximum atomic E-state index is 16.1. The van der Waals surface area contributed by atoms with Crippen LogP contribution in [0.3, 0.4) is 0 Å². The van der Waals surface area contributed by atoms with Crippen molar-refractivity contribution in [3.05, 3.63) is 80.9 Å². The molecule has 1 saturated carbocycles. The van der Waals surface area contributed by atoms with Gasteiger partial charge in [-0.2, -0.15) is 0 Å². The first-order valence-corrected chi connectivity index (χ1v) is 13.3. The number of phenols is 1. The van der Waals surface area contributed by atoms with E-state index in [-0.39, 0.29) is 41.6 Å². The largest absolute Gasteiger partial charge is 0.508 e. The molecule has 214 valence electrons. The van der Waals surface area contributed by atoms with Gasteiger partial charge in [-0.15, -0.1) is 0 Å². The third-order valence-electron chi connectivity index (χ3n) is 9.03. The molecule has 0 aromatic heterocycles. The molecule has 6 rings (SSSR count). The number of ketones is 2. The molecule has 0 unspecified atom stereocenters. The summed E-state index contributed by atoms with van der Waals surface area (Å²) in [7, 11) is 3.04. The fourth-order valence-corrected chi connectivity index (χ4v) is 7.22. The Hall–Kier alpha value is -4.06. The molecule has 1 fully saturated rings. The first kappa shape index (κ1) is 27.1. The van der Waals surface area contributed by atoms with Crippen LogP contribution in [0.4, 0.5) is 4.39 Å². The van der Waals surface area contributed by atoms with Crippen molar-refractivity contribution in [3.8, 4) is 5.75 Å². The fourth-order valence-electron chi connectivity index (χ4n) is 7.22. The zero-order chi connectivity index (χ0) is 29.5. The Kier molecular flexibility index (Phi) is 6.11. The summed E-state index contributed by atoms with van der Waals surface area (Å²) in [4.78, 5) is 42.6. The summed E-state index contributed by atoms with van der Waals surface area (Å²) in [6.45, 7) is 1.44. The van der Waals surface area contributed by atoms with Crippen LogP contribution in [0.2, 0.25) is 0 Å². The molecule has 1 amide bonds. The SMILES string of the molecule is CN(C)[C@@H]1C(=O)C(C(N)=O)=C(O)[C@@]2(O)C(=O)C3=C(O)c4c(O)cc(CN5Cc6ccccc6C5)c(F)c4C[C@H]3C[C@@H]12. The highest BCUT2D eigenvalue weighted by Gasteiger charge is 2.64. The number of fused-ring (bicyclic) bond motifs is 4. The number of hydrogen-bond donors (Lipinski definition) is 5. The Bertz CT molecular complexity index is 1590. The van der Waals surface area contributed by atoms with E-state index < -0.39 is 69.6 Å². The lowest BCUT2D eigenvalue weighted by molar-refractivity contribution is -0.153. The fraction of sp³-hybridized carbons (Fsp3) is 0.367. The van der Waals surface area contributed by atoms with Crippen LogP contribution in [0, 0.1) is 17.7 Å². The number of benzene rings is 2. The smallest absolute Gasteiger partial charge is 0.255 e. The van der Waals surface area contributed by atoms with Crippen LogP contribution in [-0.4, -0.2) is 73.4 Å². The molecular weight excluding hydrogens is 533 g/mol. The lowest BCUT2D eigenvalue weighted by Crippen LogP contribution is -2.65. The summed E-state index contributed by atoms with van der Waals surface area (Å²) in [5.41, 5.74) is 3.70. The molecule has 0 saturated heterocycles. The van der Waals surface area contributed by atoms with Crippen molar-refractivity contribution in [3.63, 3.8) is 0 Å². The van der Waals surface area contributed by atoms with E-state index in [1.807, 2.05) is 29.2 Å². The number of rotatable bonds is 4. The van der Waals surface area contributed by atoms with Gasteiger partial charge in [-0.25, -0.2) is 4.39 Å². The van der Waals surface area contributed by atoms with Crippen molar-refractivity contribution < 1.29 is 39.2 Å². The highest BCUT2D eigenvalue weighted by atomic mass is 19.1. The van der Waals surface area contributed by atoms with Gasteiger partial charge in [0, 0.05) is 42.3 Å². The lowest BCUT2D eigenvalue weighted by atomic mass is 9.57. The Labute approximate surface area is 234 Å². The number of likely N-dealkylation sites (N-methyl/N-ethyl adjacent to an activating group) is 1. The van der Waals surface area contributed by atoms with E-state index in [0.29, 0.717) is 13.1 Å². The van der Waals surface area contributed by atoms with Crippen molar-refractivity contribution in [1.29, 1.82) is 0 Å². The van der Waals surface area contributed by atoms with Crippen molar-refractivity contribution in [1.82, 2.24) is 9.80 Å². The van der Waals surface area contributed by atoms with Crippen molar-refractivity contribution in [2.45, 2.75) is 44.1 Å². The number of primary amides is 1. The Morgan fingerprint density at radius 2 is 1.78 bits per heavy atom. The van der Waals surface area contributed by atoms with Crippen molar-refractivity contribution >= 4 is 23.2 Å². The molecule has 10 nitrogen and oxygen atoms in total. The lowest BCUT2D eigenvalue weighted by Gasteiger charge is -2.50. The number of hydrogen-bond acceptors (Lipinski definition) is 9. The number of aliphatic hydroxyl groups excluding tert-OH is 2. The monoisotopic (exact) mass is 563 g/mol. The second-order valence-electron chi connectivity index (χ2n) is 11.6. The molecule has 2 aromatic carbocycles. The van der Waals surface area contributed by atoms with Crippen LogP contribution < -0.4 is 5.73 Å². The van der Waals surface area contributed by atoms with Crippen LogP contribution in [0.1, 0.15) is 34.2 Å². The van der Waals surface area contributed by atoms with Gasteiger partial charge in [0.1, 0.15) is 28.7 Å². The Balaban J connectivity index is 1.43. The minimum atomic E-state index is -2.73. The van der Waals surface area contributed by atoms with E-state index in [2.05, 4.69) is 0 Å². The van der Waals surface area contributed by atoms with Crippen molar-refractivity contribution in [2.75, 3.05) is 14.1 Å². The maximum Gasteiger partial charge on any atom is 0.255 e. The van der Waals surface area contributed by atoms with Gasteiger partial charge < -0.3 is 26.2 Å². The van der Waals surface area contributed by atoms with Gasteiger partial charge in [0.15, 0.2) is 11.4 Å². The molecule has 2 aromatic rings. The molecule has 4 atom stereocenters. The molecular formula is C30H30FN3O7. The number of halogens is 1. The number of amides is 1. The quantitative estimate of drug-likeness (QED) is 0.348. The molecule has 41 heavy (non-hydrogen) atoms. The third-order valence-corrected chi connectivity index (χ3v) is 9.03. The summed E-state index contributed by atoms with van der Waals surface area (Å²) in [6, 6.07) is 7.93. The first-order valence-electron chi connectivity index (χ1n) is 13.3. The molecule has 0 radical (unpaired) electrons. The molecule has 0 spiro atoms. The molecule has 1 aliphatic heterocycles. The number of nitrogens with zero attached hydrogens (tertiary/aromatic N) is 2. The minimum Gasteiger partial charge on any atom is -0.508 e. The predicted octanol–water partition coefficient (Wildman–Crippen LogP) is 1.62. The predicted molar refractivity (Wildman–Crippen MR) is 144 cm³/mol. The van der Waals surface area contributed by atoms with E-state index in [1.54, 1.807) is 0 Å². The Morgan fingerprint density at radius 3 is 2.37 bits per heavy atom. The van der Waals surface area contributed by atoms with E-state index in [9.17, 15) is 34.8 Å². The second-order valence-corrected chi connectivity index (χ2v) is 11.6. The van der Waals surface area contributed by atoms with Gasteiger partial charge in [-0.05, 0) is 50.0 Å². The van der Waals surface area contributed by atoms with Gasteiger partial charge in [0.05, 0.1) is 11.6 Å². The van der Waals surface area contributed by atoms with Crippen LogP contribution in [0.15, 0.2) is 47.2 Å². The summed E-state index contributed by atoms with van der Waals surface area (Å²) < 4.78 is 16.1. The summed E-state index contributed by atoms with van der Waals surface area (Å²) in [6.07, 6.45) is -0.195. The summed E-state index contributed by atoms with van der Waals surface area (Å²) in [5, 5.41) is 44.8. The maximum absolute atomic E-state index is 16.1. The highest BCUT2D eigenvalue weighted by Crippen LogP contribution is 2.53. The van der Waals surface area contributed by atoms with Crippen LogP contribution in [-0.2, 0) is 40.4 Å². The van der Waals surface area contributed by atoms with E-state index in [4.69, 9.17) is 5.73 Å². The number of Topliss-reactive ketones (excluding diaryl/α,β-unsaturated/α-hetero) is 2. The van der Waals surface area contributed by atoms with Gasteiger partial charge >= 0.3 is 0 Å². The standard InChI is InChI=1S/C30H30FN3O7/c1-33(2)24-18-8-15-7-17-21(25(36)20(15)27(38)30(18,41)28(39)22(26(24)37)29(32)40)19(35)9-16(23(17)31)12-34-10-13-5-3-4-6-14(13)11-34/h3-6,9,15,18,24,35-36,39,41H,7-8,10-12H2,1-2H3,(H2,32,40)/t15-,18-,24-,30-/m0/s1. The van der Waals surface area contributed by atoms with Gasteiger partial charge in [-0.1, -0.05) is 24.3 Å². The second kappa shape index (κ2) is 9.23. The van der Waals surface area contributed by atoms with Gasteiger partial charge in [0.2, 0.25) is 5.78 Å². The van der Waals surface area contributed by atoms with Crippen LogP contribution in [0.5, 0.6) is 5.75 Å². The van der Waals surface area contributed by atoms with E-state index in [1.165, 1.54) is 25.1 Å². The number of carbonyl (C=O) groups excluding carboxylic acids is 3. The summed E-state index contributed by atoms with van der Waals surface area (Å²) in [5.74, 6) is -8.24. The molecule has 3 aliphatic carbocycles. The molecule has 4 aliphatic rings. The Morgan fingerprint density at radius 1 is 1.15 bits per heavy atom. The number of aromatic hydroxyl groups is 1. The number of phenolic OH excluding ortho intramolecular Hbond substituents is 1. The van der Waals surface area contributed by atoms with E-state index >= 15 is 4.39 Å².